The molecule has 0 spiro atoms. The van der Waals surface area contributed by atoms with Gasteiger partial charge in [-0.15, -0.1) is 0 Å². The topological polar surface area (TPSA) is 127 Å². The fourth-order valence-corrected chi connectivity index (χ4v) is 2.14. The molecule has 0 amide bonds. The maximum absolute atomic E-state index is 11.1. The molecule has 1 unspecified atom stereocenters. The quantitative estimate of drug-likeness (QED) is 0.348. The van der Waals surface area contributed by atoms with Gasteiger partial charge in [0, 0.05) is 0 Å². The van der Waals surface area contributed by atoms with Crippen LogP contribution in [-0.4, -0.2) is 63.0 Å². The van der Waals surface area contributed by atoms with Gasteiger partial charge in [-0.25, -0.2) is 0 Å². The average Bonchev–Trinajstić information content (AvgIpc) is 2.27. The van der Waals surface area contributed by atoms with Crippen molar-refractivity contribution in [1.82, 2.24) is 0 Å². The predicted octanol–water partition coefficient (Wildman–Crippen LogP) is -1.82. The summed E-state index contributed by atoms with van der Waals surface area (Å²) >= 11 is 0. The van der Waals surface area contributed by atoms with Gasteiger partial charge in [-0.1, -0.05) is 0 Å². The molecule has 0 aromatic rings. The van der Waals surface area contributed by atoms with E-state index in [4.69, 9.17) is 30.1 Å². The van der Waals surface area contributed by atoms with Gasteiger partial charge in [0.1, 0.15) is 0 Å². The second kappa shape index (κ2) is 5.16. The van der Waals surface area contributed by atoms with Crippen molar-refractivity contribution >= 4 is 12.8 Å². The van der Waals surface area contributed by atoms with Crippen molar-refractivity contribution in [2.75, 3.05) is 25.4 Å². The van der Waals surface area contributed by atoms with Gasteiger partial charge in [0.25, 0.3) is 0 Å². The fourth-order valence-electron chi connectivity index (χ4n) is 0.715. The summed E-state index contributed by atoms with van der Waals surface area (Å²) in [4.78, 5) is 11.1. The van der Waals surface area contributed by atoms with Crippen molar-refractivity contribution < 1.29 is 34.9 Å². The number of carbonyl (C=O) groups excluding carboxylic acids is 1. The van der Waals surface area contributed by atoms with Crippen LogP contribution in [0.5, 0.6) is 0 Å². The third-order valence-corrected chi connectivity index (χ3v) is 5.68. The van der Waals surface area contributed by atoms with Gasteiger partial charge in [-0.05, 0) is 0 Å². The molecule has 8 heteroatoms. The van der Waals surface area contributed by atoms with Crippen LogP contribution in [0.15, 0.2) is 0 Å². The summed E-state index contributed by atoms with van der Waals surface area (Å²) < 4.78 is 4.73. The Morgan fingerprint density at radius 2 is 1.47 bits per heavy atom. The summed E-state index contributed by atoms with van der Waals surface area (Å²) in [6, 6.07) is 0. The van der Waals surface area contributed by atoms with Gasteiger partial charge < -0.3 is 0 Å². The van der Waals surface area contributed by atoms with E-state index in [1.807, 2.05) is 0 Å². The van der Waals surface area contributed by atoms with E-state index in [1.54, 1.807) is 0 Å². The van der Waals surface area contributed by atoms with Gasteiger partial charge in [-0.3, -0.25) is 0 Å². The normalized spacial score (nSPS) is 16.5. The first-order valence-corrected chi connectivity index (χ1v) is 7.14. The van der Waals surface area contributed by atoms with Crippen LogP contribution in [-0.2, 0) is 9.32 Å². The van der Waals surface area contributed by atoms with E-state index in [0.29, 0.717) is 0 Å². The Bertz CT molecular complexity index is 202. The zero-order valence-corrected chi connectivity index (χ0v) is 9.30. The van der Waals surface area contributed by atoms with Gasteiger partial charge in [0.05, 0.1) is 0 Å². The molecule has 0 aromatic heterocycles. The van der Waals surface area contributed by atoms with Crippen molar-refractivity contribution in [2.24, 2.45) is 0 Å². The Labute approximate surface area is 86.9 Å². The SMILES string of the molecule is CC(O)C(=O)OP(CO)(CO)(CO)CO. The van der Waals surface area contributed by atoms with Crippen LogP contribution < -0.4 is 0 Å². The first-order chi connectivity index (χ1) is 6.88. The summed E-state index contributed by atoms with van der Waals surface area (Å²) in [5.74, 6) is -1.10. The number of rotatable bonds is 6. The molecule has 0 saturated carbocycles. The van der Waals surface area contributed by atoms with Gasteiger partial charge in [0.2, 0.25) is 0 Å². The molecule has 0 saturated heterocycles. The van der Waals surface area contributed by atoms with Crippen LogP contribution in [0, 0.1) is 0 Å². The molecule has 0 rings (SSSR count). The van der Waals surface area contributed by atoms with E-state index in [9.17, 15) is 4.79 Å². The molecule has 0 bridgehead atoms. The number of hydrogen-bond donors (Lipinski definition) is 5. The Hall–Kier alpha value is -0.300. The third-order valence-electron chi connectivity index (χ3n) is 2.12. The van der Waals surface area contributed by atoms with Crippen LogP contribution in [0.4, 0.5) is 0 Å². The van der Waals surface area contributed by atoms with Crippen molar-refractivity contribution in [3.8, 4) is 0 Å². The number of carbonyl (C=O) groups is 1. The van der Waals surface area contributed by atoms with Crippen molar-refractivity contribution in [3.63, 3.8) is 0 Å². The molecule has 15 heavy (non-hydrogen) atoms. The van der Waals surface area contributed by atoms with E-state index in [0.717, 1.165) is 6.92 Å². The third kappa shape index (κ3) is 2.84. The molecule has 0 radical (unpaired) electrons. The zero-order chi connectivity index (χ0) is 12.1. The van der Waals surface area contributed by atoms with Crippen LogP contribution in [0.2, 0.25) is 0 Å². The summed E-state index contributed by atoms with van der Waals surface area (Å²) in [5, 5.41) is 45.2. The molecule has 7 nitrogen and oxygen atoms in total. The molecule has 0 fully saturated rings. The van der Waals surface area contributed by atoms with Crippen LogP contribution in [0.25, 0.3) is 0 Å². The summed E-state index contributed by atoms with van der Waals surface area (Å²) in [7, 11) is 0. The second-order valence-electron chi connectivity index (χ2n) is 3.51. The minimum absolute atomic E-state index is 0.840. The van der Waals surface area contributed by atoms with Crippen molar-refractivity contribution in [1.29, 1.82) is 0 Å². The van der Waals surface area contributed by atoms with E-state index >= 15 is 0 Å². The molecule has 92 valence electrons. The first-order valence-electron chi connectivity index (χ1n) is 4.24. The Morgan fingerprint density at radius 3 is 1.67 bits per heavy atom. The van der Waals surface area contributed by atoms with Crippen molar-refractivity contribution in [2.45, 2.75) is 13.0 Å². The van der Waals surface area contributed by atoms with Crippen LogP contribution in [0.1, 0.15) is 6.92 Å². The van der Waals surface area contributed by atoms with Gasteiger partial charge >= 0.3 is 86.1 Å². The molecule has 0 aliphatic carbocycles. The molecule has 0 aliphatic rings. The molecule has 0 aliphatic heterocycles. The molecule has 0 aromatic carbocycles. The molecular formula is C7H17O7P. The fraction of sp³-hybridized carbons (Fsp3) is 0.857. The van der Waals surface area contributed by atoms with Crippen LogP contribution in [0.3, 0.4) is 0 Å². The van der Waals surface area contributed by atoms with E-state index < -0.39 is 44.3 Å². The van der Waals surface area contributed by atoms with E-state index in [2.05, 4.69) is 0 Å². The number of aliphatic hydroxyl groups excluding tert-OH is 5. The predicted molar refractivity (Wildman–Crippen MR) is 53.0 cm³/mol. The van der Waals surface area contributed by atoms with E-state index in [1.165, 1.54) is 0 Å². The van der Waals surface area contributed by atoms with Gasteiger partial charge in [0.15, 0.2) is 0 Å². The minimum atomic E-state index is -4.13. The standard InChI is InChI=1S/C7H17O7P/c1-6(12)7(13)14-15(2-8,3-9,4-10)5-11/h6,8-12H,2-5H2,1H3. The number of aliphatic hydroxyl groups is 5. The van der Waals surface area contributed by atoms with Crippen LogP contribution >= 0.6 is 6.83 Å². The second-order valence-corrected chi connectivity index (χ2v) is 8.54. The van der Waals surface area contributed by atoms with Gasteiger partial charge in [-0.2, -0.15) is 0 Å². The Morgan fingerprint density at radius 1 is 1.13 bits per heavy atom. The monoisotopic (exact) mass is 244 g/mol. The first kappa shape index (κ1) is 14.7. The zero-order valence-electron chi connectivity index (χ0n) is 8.41. The summed E-state index contributed by atoms with van der Waals surface area (Å²) in [5.41, 5.74) is 0. The molecule has 5 N–H and O–H groups in total. The summed E-state index contributed by atoms with van der Waals surface area (Å²) in [6.45, 7) is -2.99. The molecular weight excluding hydrogens is 227 g/mol. The number of hydrogen-bond acceptors (Lipinski definition) is 7. The molecule has 1 atom stereocenters. The van der Waals surface area contributed by atoms with Crippen molar-refractivity contribution in [3.05, 3.63) is 0 Å². The average molecular weight is 244 g/mol. The molecule has 0 heterocycles. The van der Waals surface area contributed by atoms with E-state index in [-0.39, 0.29) is 0 Å². The Kier molecular flexibility index (Phi) is 5.05. The Balaban J connectivity index is 5.02. The summed E-state index contributed by atoms with van der Waals surface area (Å²) in [6.07, 6.45) is -4.81. The maximum atomic E-state index is 11.1.